The molecule has 0 aliphatic heterocycles. The zero-order valence-electron chi connectivity index (χ0n) is 14.4. The Kier molecular flexibility index (Phi) is 6.56. The summed E-state index contributed by atoms with van der Waals surface area (Å²) in [5.74, 6) is -0.0807. The van der Waals surface area contributed by atoms with Crippen LogP contribution < -0.4 is 0 Å². The van der Waals surface area contributed by atoms with Gasteiger partial charge in [-0.1, -0.05) is 62.2 Å². The second-order valence-corrected chi connectivity index (χ2v) is 6.36. The second-order valence-electron chi connectivity index (χ2n) is 6.36. The van der Waals surface area contributed by atoms with Crippen LogP contribution in [0.3, 0.4) is 0 Å². The fourth-order valence-corrected chi connectivity index (χ4v) is 3.08. The third-order valence-electron chi connectivity index (χ3n) is 4.32. The van der Waals surface area contributed by atoms with E-state index in [1.807, 2.05) is 30.3 Å². The molecule has 0 saturated heterocycles. The van der Waals surface area contributed by atoms with Crippen LogP contribution in [0.4, 0.5) is 0 Å². The molecule has 0 bridgehead atoms. The van der Waals surface area contributed by atoms with E-state index in [9.17, 15) is 15.0 Å². The van der Waals surface area contributed by atoms with Crippen LogP contribution in [-0.2, 0) is 0 Å². The highest BCUT2D eigenvalue weighted by atomic mass is 16.3. The molecule has 2 unspecified atom stereocenters. The summed E-state index contributed by atoms with van der Waals surface area (Å²) in [5, 5.41) is 20.5. The number of rotatable bonds is 8. The zero-order chi connectivity index (χ0) is 17.5. The summed E-state index contributed by atoms with van der Waals surface area (Å²) < 4.78 is 0. The number of hydrogen-bond donors (Lipinski definition) is 2. The minimum Gasteiger partial charge on any atom is -0.507 e. The number of phenols is 1. The van der Waals surface area contributed by atoms with Crippen molar-refractivity contribution in [1.29, 1.82) is 0 Å². The van der Waals surface area contributed by atoms with E-state index in [0.29, 0.717) is 17.5 Å². The number of para-hydroxylation sites is 1. The van der Waals surface area contributed by atoms with Gasteiger partial charge in [0.1, 0.15) is 5.75 Å². The summed E-state index contributed by atoms with van der Waals surface area (Å²) in [4.78, 5) is 12.7. The molecule has 0 fully saturated rings. The van der Waals surface area contributed by atoms with Crippen molar-refractivity contribution in [2.45, 2.75) is 51.6 Å². The van der Waals surface area contributed by atoms with Crippen LogP contribution in [0.5, 0.6) is 5.75 Å². The molecule has 2 aromatic rings. The van der Waals surface area contributed by atoms with Crippen LogP contribution in [0.25, 0.3) is 0 Å². The molecule has 3 heteroatoms. The molecule has 2 atom stereocenters. The van der Waals surface area contributed by atoms with Crippen molar-refractivity contribution < 1.29 is 15.0 Å². The molecule has 0 heterocycles. The van der Waals surface area contributed by atoms with E-state index < -0.39 is 6.10 Å². The molecule has 0 spiro atoms. The van der Waals surface area contributed by atoms with Gasteiger partial charge in [0, 0.05) is 5.56 Å². The maximum Gasteiger partial charge on any atom is 0.196 e. The van der Waals surface area contributed by atoms with Crippen molar-refractivity contribution in [3.63, 3.8) is 0 Å². The Morgan fingerprint density at radius 3 is 2.42 bits per heavy atom. The smallest absolute Gasteiger partial charge is 0.196 e. The summed E-state index contributed by atoms with van der Waals surface area (Å²) in [7, 11) is 0. The molecular weight excluding hydrogens is 300 g/mol. The first kappa shape index (κ1) is 18.2. The predicted molar refractivity (Wildman–Crippen MR) is 96.5 cm³/mol. The van der Waals surface area contributed by atoms with Gasteiger partial charge in [-0.2, -0.15) is 0 Å². The Morgan fingerprint density at radius 2 is 1.79 bits per heavy atom. The normalized spacial score (nSPS) is 13.5. The van der Waals surface area contributed by atoms with Gasteiger partial charge in [-0.3, -0.25) is 4.79 Å². The lowest BCUT2D eigenvalue weighted by Gasteiger charge is -2.21. The molecule has 2 rings (SSSR count). The van der Waals surface area contributed by atoms with Gasteiger partial charge in [-0.05, 0) is 37.3 Å². The Morgan fingerprint density at radius 1 is 1.08 bits per heavy atom. The Hall–Kier alpha value is -2.13. The first-order valence-corrected chi connectivity index (χ1v) is 8.64. The van der Waals surface area contributed by atoms with Crippen LogP contribution in [0.1, 0.15) is 66.9 Å². The van der Waals surface area contributed by atoms with E-state index in [-0.39, 0.29) is 17.5 Å². The van der Waals surface area contributed by atoms with Gasteiger partial charge < -0.3 is 10.2 Å². The average Bonchev–Trinajstić information content (AvgIpc) is 2.59. The van der Waals surface area contributed by atoms with Gasteiger partial charge >= 0.3 is 0 Å². The zero-order valence-corrected chi connectivity index (χ0v) is 14.4. The van der Waals surface area contributed by atoms with E-state index in [0.717, 1.165) is 24.8 Å². The summed E-state index contributed by atoms with van der Waals surface area (Å²) in [5.41, 5.74) is 1.64. The molecule has 3 nitrogen and oxygen atoms in total. The number of ketones is 1. The lowest BCUT2D eigenvalue weighted by molar-refractivity contribution is 0.103. The van der Waals surface area contributed by atoms with Gasteiger partial charge in [0.05, 0.1) is 11.7 Å². The molecular formula is C21H26O3. The second kappa shape index (κ2) is 8.65. The Balaban J connectivity index is 2.36. The first-order chi connectivity index (χ1) is 11.5. The van der Waals surface area contributed by atoms with Gasteiger partial charge in [-0.15, -0.1) is 0 Å². The lowest BCUT2D eigenvalue weighted by atomic mass is 9.86. The third kappa shape index (κ3) is 4.45. The van der Waals surface area contributed by atoms with Crippen LogP contribution in [0.15, 0.2) is 48.5 Å². The fraction of sp³-hybridized carbons (Fsp3) is 0.381. The molecule has 2 aromatic carbocycles. The quantitative estimate of drug-likeness (QED) is 0.693. The van der Waals surface area contributed by atoms with Crippen LogP contribution in [0.2, 0.25) is 0 Å². The van der Waals surface area contributed by atoms with Crippen molar-refractivity contribution in [1.82, 2.24) is 0 Å². The largest absolute Gasteiger partial charge is 0.507 e. The van der Waals surface area contributed by atoms with Crippen molar-refractivity contribution in [2.24, 2.45) is 0 Å². The minimum absolute atomic E-state index is 0.0492. The van der Waals surface area contributed by atoms with Crippen molar-refractivity contribution in [3.8, 4) is 5.75 Å². The highest BCUT2D eigenvalue weighted by Gasteiger charge is 2.22. The highest BCUT2D eigenvalue weighted by Crippen LogP contribution is 2.36. The predicted octanol–water partition coefficient (Wildman–Crippen LogP) is 4.67. The minimum atomic E-state index is -0.445. The maximum absolute atomic E-state index is 12.7. The van der Waals surface area contributed by atoms with Gasteiger partial charge in [0.25, 0.3) is 0 Å². The molecule has 0 aliphatic rings. The van der Waals surface area contributed by atoms with Crippen LogP contribution in [-0.4, -0.2) is 22.1 Å². The monoisotopic (exact) mass is 326 g/mol. The van der Waals surface area contributed by atoms with Crippen LogP contribution >= 0.6 is 0 Å². The molecule has 0 aliphatic carbocycles. The Bertz CT molecular complexity index is 662. The number of aliphatic hydroxyl groups is 1. The first-order valence-electron chi connectivity index (χ1n) is 8.64. The van der Waals surface area contributed by atoms with Crippen molar-refractivity contribution >= 4 is 5.78 Å². The molecule has 128 valence electrons. The van der Waals surface area contributed by atoms with E-state index >= 15 is 0 Å². The number of aliphatic hydroxyl groups excluding tert-OH is 1. The lowest BCUT2D eigenvalue weighted by Crippen LogP contribution is -2.11. The summed E-state index contributed by atoms with van der Waals surface area (Å²) in [6.07, 6.45) is 3.10. The maximum atomic E-state index is 12.7. The number of carbonyl (C=O) groups excluding carboxylic acids is 1. The number of aromatic hydroxyl groups is 1. The van der Waals surface area contributed by atoms with E-state index in [1.54, 1.807) is 25.1 Å². The fourth-order valence-electron chi connectivity index (χ4n) is 3.08. The SMILES string of the molecule is CCCCC(CC(C)O)c1cccc(C(=O)c2ccccc2)c1O. The standard InChI is InChI=1S/C21H26O3/c1-3-4-9-17(14-15(2)22)18-12-8-13-19(21(18)24)20(23)16-10-6-5-7-11-16/h5-8,10-13,15,17,22,24H,3-4,9,14H2,1-2H3. The summed E-state index contributed by atoms with van der Waals surface area (Å²) in [6.45, 7) is 3.88. The molecule has 24 heavy (non-hydrogen) atoms. The number of carbonyl (C=O) groups is 1. The molecule has 2 N–H and O–H groups in total. The van der Waals surface area contributed by atoms with Gasteiger partial charge in [0.15, 0.2) is 5.78 Å². The summed E-state index contributed by atoms with van der Waals surface area (Å²) >= 11 is 0. The third-order valence-corrected chi connectivity index (χ3v) is 4.32. The van der Waals surface area contributed by atoms with E-state index in [2.05, 4.69) is 6.92 Å². The highest BCUT2D eigenvalue weighted by molar-refractivity contribution is 6.10. The van der Waals surface area contributed by atoms with Crippen molar-refractivity contribution in [3.05, 3.63) is 65.2 Å². The topological polar surface area (TPSA) is 57.5 Å². The average molecular weight is 326 g/mol. The molecule has 0 saturated carbocycles. The number of unbranched alkanes of at least 4 members (excludes halogenated alkanes) is 1. The number of benzene rings is 2. The van der Waals surface area contributed by atoms with E-state index in [4.69, 9.17) is 0 Å². The van der Waals surface area contributed by atoms with Crippen LogP contribution in [0, 0.1) is 0 Å². The van der Waals surface area contributed by atoms with Crippen molar-refractivity contribution in [2.75, 3.05) is 0 Å². The summed E-state index contributed by atoms with van der Waals surface area (Å²) in [6, 6.07) is 14.3. The Labute approximate surface area is 144 Å². The van der Waals surface area contributed by atoms with Gasteiger partial charge in [0.2, 0.25) is 0 Å². The van der Waals surface area contributed by atoms with E-state index in [1.165, 1.54) is 0 Å². The van der Waals surface area contributed by atoms with Gasteiger partial charge in [-0.25, -0.2) is 0 Å². The molecule has 0 radical (unpaired) electrons. The molecule has 0 amide bonds. The molecule has 0 aromatic heterocycles. The number of hydrogen-bond acceptors (Lipinski definition) is 3. The number of phenolic OH excluding ortho intramolecular Hbond substituents is 1.